The van der Waals surface area contributed by atoms with E-state index in [4.69, 9.17) is 37.0 Å². The summed E-state index contributed by atoms with van der Waals surface area (Å²) in [6, 6.07) is 0. The van der Waals surface area contributed by atoms with E-state index in [1.807, 2.05) is 12.2 Å². The van der Waals surface area contributed by atoms with Gasteiger partial charge >= 0.3 is 39.5 Å². The second-order valence-electron chi connectivity index (χ2n) is 27.7. The van der Waals surface area contributed by atoms with E-state index >= 15 is 0 Å². The predicted molar refractivity (Wildman–Crippen MR) is 418 cm³/mol. The number of unbranched alkanes of at least 4 members (excludes halogenated alkanes) is 40. The van der Waals surface area contributed by atoms with Crippen LogP contribution in [-0.4, -0.2) is 96.7 Å². The van der Waals surface area contributed by atoms with Crippen LogP contribution in [0.15, 0.2) is 72.9 Å². The van der Waals surface area contributed by atoms with Crippen LogP contribution < -0.4 is 0 Å². The molecule has 0 aliphatic heterocycles. The minimum absolute atomic E-state index is 0.0823. The first kappa shape index (κ1) is 98.5. The van der Waals surface area contributed by atoms with E-state index in [2.05, 4.69) is 88.5 Å². The molecule has 0 aliphatic rings. The molecule has 0 saturated carbocycles. The summed E-state index contributed by atoms with van der Waals surface area (Å²) in [5.74, 6) is -2.22. The molecule has 0 aromatic rings. The Bertz CT molecular complexity index is 2210. The molecule has 0 saturated heterocycles. The summed E-state index contributed by atoms with van der Waals surface area (Å²) in [6.07, 6.45) is 77.3. The average molecular weight is 1480 g/mol. The molecule has 0 rings (SSSR count). The van der Waals surface area contributed by atoms with Gasteiger partial charge in [0.15, 0.2) is 12.2 Å². The molecule has 0 bridgehead atoms. The molecule has 0 aromatic carbocycles. The third-order valence-corrected chi connectivity index (χ3v) is 19.6. The van der Waals surface area contributed by atoms with Crippen molar-refractivity contribution in [1.29, 1.82) is 0 Å². The van der Waals surface area contributed by atoms with Crippen molar-refractivity contribution in [2.45, 2.75) is 393 Å². The van der Waals surface area contributed by atoms with Gasteiger partial charge in [-0.1, -0.05) is 325 Å². The lowest BCUT2D eigenvalue weighted by Crippen LogP contribution is -2.30. The second-order valence-corrected chi connectivity index (χ2v) is 30.6. The number of carbonyl (C=O) groups is 4. The Balaban J connectivity index is 5.38. The largest absolute Gasteiger partial charge is 0.472 e. The number of aliphatic hydroxyl groups excluding tert-OH is 1. The third kappa shape index (κ3) is 74.8. The van der Waals surface area contributed by atoms with E-state index in [0.717, 1.165) is 116 Å². The van der Waals surface area contributed by atoms with Crippen molar-refractivity contribution in [3.8, 4) is 0 Å². The van der Waals surface area contributed by atoms with E-state index in [-0.39, 0.29) is 25.7 Å². The van der Waals surface area contributed by atoms with Gasteiger partial charge in [-0.25, -0.2) is 9.13 Å². The van der Waals surface area contributed by atoms with Gasteiger partial charge in [-0.05, 0) is 96.3 Å². The van der Waals surface area contributed by atoms with Crippen LogP contribution in [-0.2, 0) is 65.4 Å². The van der Waals surface area contributed by atoms with Crippen molar-refractivity contribution in [3.05, 3.63) is 72.9 Å². The number of phosphoric acid groups is 2. The van der Waals surface area contributed by atoms with Crippen LogP contribution in [0.3, 0.4) is 0 Å². The molecule has 2 unspecified atom stereocenters. The van der Waals surface area contributed by atoms with Crippen LogP contribution >= 0.6 is 15.6 Å². The Morgan fingerprint density at radius 3 is 0.794 bits per heavy atom. The van der Waals surface area contributed by atoms with Crippen LogP contribution in [0.4, 0.5) is 0 Å². The summed E-state index contributed by atoms with van der Waals surface area (Å²) in [5, 5.41) is 10.6. The molecular weight excluding hydrogens is 1330 g/mol. The molecule has 0 aliphatic carbocycles. The minimum atomic E-state index is -4.98. The molecule has 0 spiro atoms. The van der Waals surface area contributed by atoms with Gasteiger partial charge in [0.05, 0.1) is 26.4 Å². The molecule has 594 valence electrons. The van der Waals surface area contributed by atoms with Gasteiger partial charge in [0, 0.05) is 25.7 Å². The Hall–Kier alpha value is -3.50. The number of hydrogen-bond acceptors (Lipinski definition) is 15. The zero-order chi connectivity index (χ0) is 74.6. The third-order valence-electron chi connectivity index (χ3n) is 17.7. The summed E-state index contributed by atoms with van der Waals surface area (Å²) >= 11 is 0. The summed E-state index contributed by atoms with van der Waals surface area (Å²) in [5.41, 5.74) is 0. The summed E-state index contributed by atoms with van der Waals surface area (Å²) in [7, 11) is -9.96. The summed E-state index contributed by atoms with van der Waals surface area (Å²) in [4.78, 5) is 73.0. The normalized spacial score (nSPS) is 14.2. The van der Waals surface area contributed by atoms with E-state index in [0.29, 0.717) is 32.1 Å². The van der Waals surface area contributed by atoms with Crippen molar-refractivity contribution < 1.29 is 80.2 Å². The molecule has 0 aromatic heterocycles. The van der Waals surface area contributed by atoms with E-state index in [9.17, 15) is 43.2 Å². The van der Waals surface area contributed by atoms with Gasteiger partial charge < -0.3 is 33.8 Å². The molecule has 0 amide bonds. The number of ether oxygens (including phenoxy) is 4. The first-order valence-corrected chi connectivity index (χ1v) is 44.2. The molecule has 0 heterocycles. The topological polar surface area (TPSA) is 237 Å². The second kappa shape index (κ2) is 75.7. The maximum Gasteiger partial charge on any atom is 0.472 e. The van der Waals surface area contributed by atoms with Crippen molar-refractivity contribution in [1.82, 2.24) is 0 Å². The number of phosphoric ester groups is 2. The molecule has 17 nitrogen and oxygen atoms in total. The summed E-state index contributed by atoms with van der Waals surface area (Å²) in [6.45, 7) is 4.82. The number of carbonyl (C=O) groups excluding carboxylic acids is 4. The maximum atomic E-state index is 13.1. The molecule has 5 atom stereocenters. The van der Waals surface area contributed by atoms with Crippen LogP contribution in [0.25, 0.3) is 0 Å². The molecule has 102 heavy (non-hydrogen) atoms. The van der Waals surface area contributed by atoms with E-state index < -0.39 is 97.5 Å². The number of hydrogen-bond donors (Lipinski definition) is 3. The van der Waals surface area contributed by atoms with Crippen LogP contribution in [0, 0.1) is 0 Å². The van der Waals surface area contributed by atoms with Gasteiger partial charge in [-0.15, -0.1) is 0 Å². The predicted octanol–water partition coefficient (Wildman–Crippen LogP) is 24.0. The van der Waals surface area contributed by atoms with E-state index in [1.165, 1.54) is 173 Å². The molecular formula is C83H150O17P2. The lowest BCUT2D eigenvalue weighted by molar-refractivity contribution is -0.161. The van der Waals surface area contributed by atoms with Crippen molar-refractivity contribution in [2.75, 3.05) is 39.6 Å². The van der Waals surface area contributed by atoms with Gasteiger partial charge in [0.1, 0.15) is 19.3 Å². The Kier molecular flexibility index (Phi) is 73.1. The maximum absolute atomic E-state index is 13.1. The fraction of sp³-hybridized carbons (Fsp3) is 0.807. The smallest absolute Gasteiger partial charge is 0.462 e. The Labute approximate surface area is 622 Å². The van der Waals surface area contributed by atoms with Crippen molar-refractivity contribution >= 4 is 39.5 Å². The quantitative estimate of drug-likeness (QED) is 0.0169. The highest BCUT2D eigenvalue weighted by Gasteiger charge is 2.30. The van der Waals surface area contributed by atoms with Crippen LogP contribution in [0.5, 0.6) is 0 Å². The number of aliphatic hydroxyl groups is 1. The highest BCUT2D eigenvalue weighted by molar-refractivity contribution is 7.47. The van der Waals surface area contributed by atoms with Crippen molar-refractivity contribution in [3.63, 3.8) is 0 Å². The number of esters is 4. The molecule has 0 radical (unpaired) electrons. The monoisotopic (exact) mass is 1480 g/mol. The van der Waals surface area contributed by atoms with Crippen molar-refractivity contribution in [2.24, 2.45) is 0 Å². The molecule has 3 N–H and O–H groups in total. The molecule has 19 heteroatoms. The number of rotatable bonds is 78. The average Bonchev–Trinajstić information content (AvgIpc) is 0.943. The van der Waals surface area contributed by atoms with E-state index in [1.54, 1.807) is 0 Å². The van der Waals surface area contributed by atoms with Gasteiger partial charge in [0.25, 0.3) is 0 Å². The fourth-order valence-electron chi connectivity index (χ4n) is 11.4. The zero-order valence-electron chi connectivity index (χ0n) is 65.0. The number of allylic oxidation sites excluding steroid dienone is 12. The highest BCUT2D eigenvalue weighted by Crippen LogP contribution is 2.45. The lowest BCUT2D eigenvalue weighted by atomic mass is 10.0. The first-order valence-electron chi connectivity index (χ1n) is 41.2. The standard InChI is InChI=1S/C83H150O17P2/c1-5-9-13-17-21-25-29-33-36-38-41-44-48-52-56-60-64-68-81(86)94-74-79(100-83(88)70-66-62-58-54-50-46-42-39-37-34-30-26-22-18-14-10-6-2)76-98-102(91,92)96-72-77(84)71-95-101(89,90)97-75-78(73-93-80(85)67-63-59-55-51-47-43-32-28-24-20-16-12-8-4)99-82(87)69-65-61-57-53-49-45-40-35-31-27-23-19-15-11-7-3/h21,23,25,27,33,35-36,40-41,44,52,56,77-79,84H,5-20,22,24,26,28-32,34,37-39,42-43,45-51,53-55,57-76H2,1-4H3,(H,89,90)(H,91,92)/b25-21-,27-23-,36-33-,40-35-,44-41-,56-52-/t77-,78+,79+/m0/s1. The summed E-state index contributed by atoms with van der Waals surface area (Å²) < 4.78 is 68.6. The highest BCUT2D eigenvalue weighted by atomic mass is 31.2. The van der Waals surface area contributed by atoms with Crippen LogP contribution in [0.1, 0.15) is 374 Å². The lowest BCUT2D eigenvalue weighted by Gasteiger charge is -2.21. The first-order chi connectivity index (χ1) is 49.7. The van der Waals surface area contributed by atoms with Crippen LogP contribution in [0.2, 0.25) is 0 Å². The van der Waals surface area contributed by atoms with Gasteiger partial charge in [-0.3, -0.25) is 37.3 Å². The Morgan fingerprint density at radius 2 is 0.490 bits per heavy atom. The Morgan fingerprint density at radius 1 is 0.275 bits per heavy atom. The fourth-order valence-corrected chi connectivity index (χ4v) is 12.9. The molecule has 0 fully saturated rings. The van der Waals surface area contributed by atoms with Gasteiger partial charge in [0.2, 0.25) is 0 Å². The minimum Gasteiger partial charge on any atom is -0.462 e. The zero-order valence-corrected chi connectivity index (χ0v) is 66.8. The SMILES string of the molecule is CCCCC/C=C\C/C=C\C/C=C\C/C=C\CCCC(=O)OC[C@H](COP(=O)(O)OC[C@@H](O)COP(=O)(O)OC[C@@H](COC(=O)CCCCCCCCCCCCCCC)OC(=O)CCCCCCC/C=C\C/C=C\CCCCC)OC(=O)CCCCCCCCCCCCCCCCCCC. The van der Waals surface area contributed by atoms with Gasteiger partial charge in [-0.2, -0.15) is 0 Å².